The van der Waals surface area contributed by atoms with Crippen molar-refractivity contribution in [2.24, 2.45) is 0 Å². The number of halogens is 1. The third kappa shape index (κ3) is 7.79. The first-order valence-electron chi connectivity index (χ1n) is 3.37. The summed E-state index contributed by atoms with van der Waals surface area (Å²) in [6.07, 6.45) is 2.46. The molecular formula is C5H11ClNNaO3S. The van der Waals surface area contributed by atoms with E-state index in [1.807, 2.05) is 6.92 Å². The van der Waals surface area contributed by atoms with E-state index in [9.17, 15) is 13.0 Å². The molecule has 0 saturated heterocycles. The number of unbranched alkanes of at least 4 members (excludes halogenated alkanes) is 2. The zero-order valence-electron chi connectivity index (χ0n) is 7.29. The van der Waals surface area contributed by atoms with Crippen molar-refractivity contribution in [3.8, 4) is 0 Å². The molecule has 68 valence electrons. The van der Waals surface area contributed by atoms with E-state index in [-0.39, 0.29) is 36.1 Å². The normalized spacial score (nSPS) is 11.3. The molecular weight excluding hydrogens is 213 g/mol. The van der Waals surface area contributed by atoms with Gasteiger partial charge in [0.2, 0.25) is 0 Å². The maximum absolute atomic E-state index is 10.2. The van der Waals surface area contributed by atoms with Gasteiger partial charge in [-0.05, 0) is 18.2 Å². The van der Waals surface area contributed by atoms with Crippen LogP contribution in [0.5, 0.6) is 0 Å². The van der Waals surface area contributed by atoms with Crippen LogP contribution < -0.4 is 29.6 Å². The van der Waals surface area contributed by atoms with Gasteiger partial charge in [0, 0.05) is 6.54 Å². The summed E-state index contributed by atoms with van der Waals surface area (Å²) in [4.78, 5) is 0. The quantitative estimate of drug-likeness (QED) is 0.237. The van der Waals surface area contributed by atoms with Crippen molar-refractivity contribution < 1.29 is 42.5 Å². The van der Waals surface area contributed by atoms with Crippen LogP contribution in [0.15, 0.2) is 0 Å². The van der Waals surface area contributed by atoms with Crippen LogP contribution in [0.25, 0.3) is 0 Å². The van der Waals surface area contributed by atoms with Gasteiger partial charge in [0.15, 0.2) is 10.3 Å². The largest absolute Gasteiger partial charge is 1.00 e. The Morgan fingerprint density at radius 3 is 2.25 bits per heavy atom. The van der Waals surface area contributed by atoms with E-state index in [1.165, 1.54) is 0 Å². The molecule has 7 heteroatoms. The molecule has 0 rings (SSSR count). The van der Waals surface area contributed by atoms with Crippen molar-refractivity contribution >= 4 is 22.1 Å². The molecule has 0 saturated carbocycles. The van der Waals surface area contributed by atoms with Crippen molar-refractivity contribution in [3.05, 3.63) is 0 Å². The molecule has 12 heavy (non-hydrogen) atoms. The summed E-state index contributed by atoms with van der Waals surface area (Å²) in [5.74, 6) is 0. The Morgan fingerprint density at radius 2 is 1.92 bits per heavy atom. The number of hydrogen-bond donors (Lipinski definition) is 0. The second kappa shape index (κ2) is 7.55. The Balaban J connectivity index is 0. The summed E-state index contributed by atoms with van der Waals surface area (Å²) in [6, 6.07) is 0. The van der Waals surface area contributed by atoms with Crippen LogP contribution in [0.3, 0.4) is 0 Å². The average molecular weight is 224 g/mol. The second-order valence-electron chi connectivity index (χ2n) is 2.18. The van der Waals surface area contributed by atoms with Gasteiger partial charge in [-0.15, -0.1) is 3.82 Å². The predicted molar refractivity (Wildman–Crippen MR) is 41.8 cm³/mol. The van der Waals surface area contributed by atoms with Crippen LogP contribution in [0, 0.1) is 0 Å². The molecule has 0 N–H and O–H groups in total. The van der Waals surface area contributed by atoms with Crippen molar-refractivity contribution in [2.75, 3.05) is 6.54 Å². The molecule has 0 fully saturated rings. The van der Waals surface area contributed by atoms with E-state index >= 15 is 0 Å². The van der Waals surface area contributed by atoms with Gasteiger partial charge in [0.1, 0.15) is 0 Å². The topological polar surface area (TPSA) is 60.4 Å². The third-order valence-corrected chi connectivity index (χ3v) is 2.52. The Morgan fingerprint density at radius 1 is 1.42 bits per heavy atom. The fourth-order valence-electron chi connectivity index (χ4n) is 0.598. The minimum absolute atomic E-state index is 0. The molecule has 0 atom stereocenters. The first-order valence-corrected chi connectivity index (χ1v) is 5.08. The van der Waals surface area contributed by atoms with Gasteiger partial charge in [0.25, 0.3) is 0 Å². The molecule has 0 heterocycles. The smallest absolute Gasteiger partial charge is 0.734 e. The average Bonchev–Trinajstić information content (AvgIpc) is 1.86. The van der Waals surface area contributed by atoms with Crippen molar-refractivity contribution in [1.29, 1.82) is 0 Å². The monoisotopic (exact) mass is 223 g/mol. The predicted octanol–water partition coefficient (Wildman–Crippen LogP) is -1.90. The van der Waals surface area contributed by atoms with E-state index in [0.29, 0.717) is 10.2 Å². The van der Waals surface area contributed by atoms with Gasteiger partial charge in [-0.25, -0.2) is 8.42 Å². The summed E-state index contributed by atoms with van der Waals surface area (Å²) in [6.45, 7) is 2.07. The van der Waals surface area contributed by atoms with E-state index in [2.05, 4.69) is 0 Å². The minimum atomic E-state index is -4.43. The van der Waals surface area contributed by atoms with Gasteiger partial charge in [-0.3, -0.25) is 0 Å². The van der Waals surface area contributed by atoms with E-state index < -0.39 is 10.3 Å². The van der Waals surface area contributed by atoms with Gasteiger partial charge in [-0.2, -0.15) is 0 Å². The number of nitrogens with zero attached hydrogens (tertiary/aromatic N) is 1. The molecule has 0 bridgehead atoms. The summed E-state index contributed by atoms with van der Waals surface area (Å²) in [5.41, 5.74) is 0. The molecule has 0 radical (unpaired) electrons. The van der Waals surface area contributed by atoms with Gasteiger partial charge >= 0.3 is 29.6 Å². The second-order valence-corrected chi connectivity index (χ2v) is 4.08. The minimum Gasteiger partial charge on any atom is -0.734 e. The fourth-order valence-corrected chi connectivity index (χ4v) is 1.07. The summed E-state index contributed by atoms with van der Waals surface area (Å²) in [5, 5.41) is 0. The van der Waals surface area contributed by atoms with Crippen LogP contribution in [-0.2, 0) is 10.3 Å². The molecule has 0 aromatic carbocycles. The standard InChI is InChI=1S/C5H12ClNO3S.Na/c1-2-3-4-5-7(6)11(8,9)10;/h2-5H2,1H3,(H,8,9,10);/q;+1/p-1. The Hall–Kier alpha value is 1.16. The van der Waals surface area contributed by atoms with Crippen molar-refractivity contribution in [1.82, 2.24) is 3.82 Å². The zero-order valence-corrected chi connectivity index (χ0v) is 10.9. The SMILES string of the molecule is CCCCCN(Cl)S(=O)(=O)[O-].[Na+]. The molecule has 0 unspecified atom stereocenters. The molecule has 0 aromatic heterocycles. The van der Waals surface area contributed by atoms with E-state index in [1.54, 1.807) is 0 Å². The van der Waals surface area contributed by atoms with Gasteiger partial charge in [0.05, 0.1) is 0 Å². The Labute approximate surface area is 101 Å². The maximum Gasteiger partial charge on any atom is 1.00 e. The molecule has 0 aliphatic heterocycles. The van der Waals surface area contributed by atoms with Crippen molar-refractivity contribution in [2.45, 2.75) is 26.2 Å². The van der Waals surface area contributed by atoms with Gasteiger partial charge < -0.3 is 4.55 Å². The Bertz CT molecular complexity index is 197. The van der Waals surface area contributed by atoms with E-state index in [4.69, 9.17) is 11.8 Å². The zero-order chi connectivity index (χ0) is 8.91. The van der Waals surface area contributed by atoms with Crippen molar-refractivity contribution in [3.63, 3.8) is 0 Å². The summed E-state index contributed by atoms with van der Waals surface area (Å²) in [7, 11) is -4.43. The van der Waals surface area contributed by atoms with Crippen LogP contribution in [0.2, 0.25) is 0 Å². The summed E-state index contributed by atoms with van der Waals surface area (Å²) >= 11 is 5.13. The third-order valence-electron chi connectivity index (χ3n) is 1.18. The molecule has 0 aliphatic carbocycles. The molecule has 0 spiro atoms. The van der Waals surface area contributed by atoms with Gasteiger partial charge in [-0.1, -0.05) is 19.8 Å². The van der Waals surface area contributed by atoms with E-state index in [0.717, 1.165) is 12.8 Å². The van der Waals surface area contributed by atoms with Crippen LogP contribution in [0.4, 0.5) is 0 Å². The number of hydrogen-bond acceptors (Lipinski definition) is 3. The van der Waals surface area contributed by atoms with Crippen LogP contribution in [0.1, 0.15) is 26.2 Å². The number of rotatable bonds is 5. The molecule has 0 aliphatic rings. The Kier molecular flexibility index (Phi) is 9.83. The maximum atomic E-state index is 10.2. The summed E-state index contributed by atoms with van der Waals surface area (Å²) < 4.78 is 30.8. The first-order chi connectivity index (χ1) is 4.98. The van der Waals surface area contributed by atoms with Crippen LogP contribution in [-0.4, -0.2) is 23.3 Å². The molecule has 4 nitrogen and oxygen atoms in total. The first kappa shape index (κ1) is 15.6. The molecule has 0 amide bonds. The fraction of sp³-hybridized carbons (Fsp3) is 1.00. The van der Waals surface area contributed by atoms with Crippen LogP contribution >= 0.6 is 11.8 Å². The molecule has 0 aromatic rings.